The topological polar surface area (TPSA) is 39.2 Å². The van der Waals surface area contributed by atoms with Gasteiger partial charge < -0.3 is 4.74 Å². The van der Waals surface area contributed by atoms with E-state index in [-0.39, 0.29) is 5.78 Å². The molecular weight excluding hydrogens is 286 g/mol. The molecule has 0 saturated heterocycles. The molecule has 0 atom stereocenters. The molecule has 0 aliphatic heterocycles. The first-order valence-electron chi connectivity index (χ1n) is 7.05. The maximum absolute atomic E-state index is 12.2. The lowest BCUT2D eigenvalue weighted by Crippen LogP contribution is -2.05. The van der Waals surface area contributed by atoms with Crippen LogP contribution in [0.5, 0.6) is 5.75 Å². The quantitative estimate of drug-likeness (QED) is 0.697. The summed E-state index contributed by atoms with van der Waals surface area (Å²) in [5.41, 5.74) is 1.60. The van der Waals surface area contributed by atoms with Gasteiger partial charge in [-0.25, -0.2) is 0 Å². The van der Waals surface area contributed by atoms with Crippen LogP contribution in [-0.2, 0) is 6.61 Å². The molecule has 0 amide bonds. The van der Waals surface area contributed by atoms with Crippen LogP contribution in [0.15, 0.2) is 42.7 Å². The Bertz CT molecular complexity index is 596. The Morgan fingerprint density at radius 1 is 1.24 bits per heavy atom. The van der Waals surface area contributed by atoms with Crippen molar-refractivity contribution < 1.29 is 9.53 Å². The van der Waals surface area contributed by atoms with Gasteiger partial charge in [-0.05, 0) is 30.2 Å². The van der Waals surface area contributed by atoms with Crippen LogP contribution in [0.25, 0.3) is 0 Å². The number of carbonyl (C=O) groups excluding carboxylic acids is 1. The van der Waals surface area contributed by atoms with E-state index in [0.717, 1.165) is 18.4 Å². The van der Waals surface area contributed by atoms with Gasteiger partial charge in [0.25, 0.3) is 0 Å². The van der Waals surface area contributed by atoms with E-state index in [9.17, 15) is 4.79 Å². The second kappa shape index (κ2) is 7.79. The third kappa shape index (κ3) is 4.57. The molecule has 0 unspecified atom stereocenters. The standard InChI is InChI=1S/C17H18ClNO2/c1-2-3-4-16(20)15-9-10-19-11-17(15)21-12-13-5-7-14(18)8-6-13/h5-11H,2-4,12H2,1H3. The number of hydrogen-bond acceptors (Lipinski definition) is 3. The third-order valence-corrected chi connectivity index (χ3v) is 3.40. The number of aromatic nitrogens is 1. The Kier molecular flexibility index (Phi) is 5.76. The minimum atomic E-state index is 0.102. The number of unbranched alkanes of at least 4 members (excludes halogenated alkanes) is 1. The zero-order valence-corrected chi connectivity index (χ0v) is 12.8. The van der Waals surface area contributed by atoms with Crippen LogP contribution in [0.1, 0.15) is 42.1 Å². The lowest BCUT2D eigenvalue weighted by atomic mass is 10.1. The largest absolute Gasteiger partial charge is 0.487 e. The molecule has 110 valence electrons. The summed E-state index contributed by atoms with van der Waals surface area (Å²) in [7, 11) is 0. The van der Waals surface area contributed by atoms with Crippen molar-refractivity contribution in [2.45, 2.75) is 32.8 Å². The van der Waals surface area contributed by atoms with Crippen molar-refractivity contribution in [2.24, 2.45) is 0 Å². The van der Waals surface area contributed by atoms with Gasteiger partial charge >= 0.3 is 0 Å². The molecule has 0 saturated carbocycles. The first-order chi connectivity index (χ1) is 10.2. The average Bonchev–Trinajstić information content (AvgIpc) is 2.52. The molecule has 0 aliphatic carbocycles. The van der Waals surface area contributed by atoms with Crippen molar-refractivity contribution in [1.82, 2.24) is 4.98 Å². The van der Waals surface area contributed by atoms with Gasteiger partial charge in [0.15, 0.2) is 5.78 Å². The summed E-state index contributed by atoms with van der Waals surface area (Å²) in [4.78, 5) is 16.2. The molecule has 1 heterocycles. The Balaban J connectivity index is 2.06. The summed E-state index contributed by atoms with van der Waals surface area (Å²) in [5, 5.41) is 0.690. The molecule has 2 aromatic rings. The average molecular weight is 304 g/mol. The van der Waals surface area contributed by atoms with E-state index in [1.165, 1.54) is 0 Å². The summed E-state index contributed by atoms with van der Waals surface area (Å²) in [6.45, 7) is 2.45. The van der Waals surface area contributed by atoms with Gasteiger partial charge in [-0.2, -0.15) is 0 Å². The highest BCUT2D eigenvalue weighted by atomic mass is 35.5. The number of halogens is 1. The summed E-state index contributed by atoms with van der Waals surface area (Å²) in [6.07, 6.45) is 5.64. The van der Waals surface area contributed by atoms with Crippen molar-refractivity contribution in [1.29, 1.82) is 0 Å². The molecule has 0 spiro atoms. The number of pyridine rings is 1. The van der Waals surface area contributed by atoms with Gasteiger partial charge in [0.05, 0.1) is 11.8 Å². The monoisotopic (exact) mass is 303 g/mol. The molecule has 1 aromatic heterocycles. The Morgan fingerprint density at radius 3 is 2.71 bits per heavy atom. The van der Waals surface area contributed by atoms with Gasteiger partial charge in [-0.15, -0.1) is 0 Å². The molecule has 0 fully saturated rings. The molecule has 21 heavy (non-hydrogen) atoms. The predicted molar refractivity (Wildman–Crippen MR) is 83.9 cm³/mol. The first-order valence-corrected chi connectivity index (χ1v) is 7.43. The molecule has 3 nitrogen and oxygen atoms in total. The van der Waals surface area contributed by atoms with Crippen LogP contribution in [0.2, 0.25) is 5.02 Å². The number of rotatable bonds is 7. The molecule has 0 aliphatic rings. The number of hydrogen-bond donors (Lipinski definition) is 0. The Morgan fingerprint density at radius 2 is 2.00 bits per heavy atom. The number of ether oxygens (including phenoxy) is 1. The molecule has 0 radical (unpaired) electrons. The maximum atomic E-state index is 12.2. The molecule has 4 heteroatoms. The molecule has 1 aromatic carbocycles. The summed E-state index contributed by atoms with van der Waals surface area (Å²) in [5.74, 6) is 0.638. The highest BCUT2D eigenvalue weighted by molar-refractivity contribution is 6.30. The third-order valence-electron chi connectivity index (χ3n) is 3.15. The minimum Gasteiger partial charge on any atom is -0.487 e. The summed E-state index contributed by atoms with van der Waals surface area (Å²) >= 11 is 5.85. The highest BCUT2D eigenvalue weighted by Gasteiger charge is 2.12. The van der Waals surface area contributed by atoms with E-state index >= 15 is 0 Å². The van der Waals surface area contributed by atoms with Crippen LogP contribution in [0.3, 0.4) is 0 Å². The molecule has 0 N–H and O–H groups in total. The summed E-state index contributed by atoms with van der Waals surface area (Å²) < 4.78 is 5.74. The van der Waals surface area contributed by atoms with Crippen molar-refractivity contribution >= 4 is 17.4 Å². The van der Waals surface area contributed by atoms with Gasteiger partial charge in [0.2, 0.25) is 0 Å². The Labute approximate surface area is 129 Å². The van der Waals surface area contributed by atoms with Crippen LogP contribution in [0, 0.1) is 0 Å². The minimum absolute atomic E-state index is 0.102. The lowest BCUT2D eigenvalue weighted by molar-refractivity contribution is 0.0975. The van der Waals surface area contributed by atoms with E-state index in [4.69, 9.17) is 16.3 Å². The maximum Gasteiger partial charge on any atom is 0.166 e. The van der Waals surface area contributed by atoms with Gasteiger partial charge in [0, 0.05) is 17.6 Å². The fraction of sp³-hybridized carbons (Fsp3) is 0.294. The first kappa shape index (κ1) is 15.5. The van der Waals surface area contributed by atoms with Crippen LogP contribution in [0.4, 0.5) is 0 Å². The van der Waals surface area contributed by atoms with E-state index in [1.807, 2.05) is 24.3 Å². The zero-order valence-electron chi connectivity index (χ0n) is 12.0. The van der Waals surface area contributed by atoms with E-state index < -0.39 is 0 Å². The van der Waals surface area contributed by atoms with Crippen molar-refractivity contribution in [3.8, 4) is 5.75 Å². The van der Waals surface area contributed by atoms with Crippen molar-refractivity contribution in [3.63, 3.8) is 0 Å². The molecular formula is C17H18ClNO2. The van der Waals surface area contributed by atoms with E-state index in [1.54, 1.807) is 18.5 Å². The number of benzene rings is 1. The summed E-state index contributed by atoms with van der Waals surface area (Å²) in [6, 6.07) is 9.15. The van der Waals surface area contributed by atoms with E-state index in [0.29, 0.717) is 29.4 Å². The fourth-order valence-electron chi connectivity index (χ4n) is 1.94. The molecule has 0 bridgehead atoms. The lowest BCUT2D eigenvalue weighted by Gasteiger charge is -2.10. The number of nitrogens with zero attached hydrogens (tertiary/aromatic N) is 1. The predicted octanol–water partition coefficient (Wildman–Crippen LogP) is 4.69. The normalized spacial score (nSPS) is 10.4. The van der Waals surface area contributed by atoms with Crippen molar-refractivity contribution in [2.75, 3.05) is 0 Å². The number of Topliss-reactive ketones (excluding diaryl/α,β-unsaturated/α-hetero) is 1. The van der Waals surface area contributed by atoms with E-state index in [2.05, 4.69) is 11.9 Å². The van der Waals surface area contributed by atoms with Crippen molar-refractivity contribution in [3.05, 3.63) is 58.9 Å². The van der Waals surface area contributed by atoms with Crippen LogP contribution < -0.4 is 4.74 Å². The Hall–Kier alpha value is -1.87. The zero-order chi connectivity index (χ0) is 15.1. The highest BCUT2D eigenvalue weighted by Crippen LogP contribution is 2.21. The second-order valence-corrected chi connectivity index (χ2v) is 5.25. The molecule has 2 rings (SSSR count). The van der Waals surface area contributed by atoms with Gasteiger partial charge in [0.1, 0.15) is 12.4 Å². The second-order valence-electron chi connectivity index (χ2n) is 4.81. The van der Waals surface area contributed by atoms with Gasteiger partial charge in [-0.3, -0.25) is 9.78 Å². The smallest absolute Gasteiger partial charge is 0.166 e. The van der Waals surface area contributed by atoms with Gasteiger partial charge in [-0.1, -0.05) is 37.1 Å². The fourth-order valence-corrected chi connectivity index (χ4v) is 2.07. The number of carbonyl (C=O) groups is 1. The van der Waals surface area contributed by atoms with Crippen LogP contribution >= 0.6 is 11.6 Å². The number of ketones is 1. The SMILES string of the molecule is CCCCC(=O)c1ccncc1OCc1ccc(Cl)cc1. The van der Waals surface area contributed by atoms with Crippen LogP contribution in [-0.4, -0.2) is 10.8 Å².